The van der Waals surface area contributed by atoms with Gasteiger partial charge in [-0.3, -0.25) is 0 Å². The van der Waals surface area contributed by atoms with Crippen LogP contribution in [0.25, 0.3) is 0 Å². The van der Waals surface area contributed by atoms with Crippen molar-refractivity contribution in [1.82, 2.24) is 0 Å². The Balaban J connectivity index is 2.84. The summed E-state index contributed by atoms with van der Waals surface area (Å²) in [5, 5.41) is 0. The highest BCUT2D eigenvalue weighted by molar-refractivity contribution is 7.76. The van der Waals surface area contributed by atoms with Gasteiger partial charge in [0.2, 0.25) is 0 Å². The third-order valence-corrected chi connectivity index (χ3v) is 3.70. The van der Waals surface area contributed by atoms with E-state index in [9.17, 15) is 8.42 Å². The summed E-state index contributed by atoms with van der Waals surface area (Å²) in [5.41, 5.74) is 1.13. The Hall–Kier alpha value is -0.570. The number of thiol groups is 1. The van der Waals surface area contributed by atoms with Gasteiger partial charge in [0, 0.05) is 4.91 Å². The van der Waals surface area contributed by atoms with Gasteiger partial charge in [-0.1, -0.05) is 18.6 Å². The summed E-state index contributed by atoms with van der Waals surface area (Å²) in [6.45, 7) is 6.05. The average molecular weight is 214 g/mol. The van der Waals surface area contributed by atoms with Gasteiger partial charge >= 0.3 is 0 Å². The second-order valence-electron chi connectivity index (χ2n) is 4.25. The van der Waals surface area contributed by atoms with Crippen molar-refractivity contribution in [3.63, 3.8) is 0 Å². The zero-order chi connectivity index (χ0) is 10.7. The van der Waals surface area contributed by atoms with Gasteiger partial charge in [-0.15, -0.1) is 0 Å². The Morgan fingerprint density at radius 1 is 1.21 bits per heavy atom. The van der Waals surface area contributed by atoms with Gasteiger partial charge in [0.1, 0.15) is 0 Å². The molecule has 0 saturated heterocycles. The predicted molar refractivity (Wildman–Crippen MR) is 59.7 cm³/mol. The van der Waals surface area contributed by atoms with Crippen molar-refractivity contribution >= 4 is 10.7 Å². The lowest BCUT2D eigenvalue weighted by Crippen LogP contribution is -2.25. The molecule has 0 aromatic rings. The van der Waals surface area contributed by atoms with E-state index < -0.39 is 10.7 Å². The quantitative estimate of drug-likeness (QED) is 0.578. The van der Waals surface area contributed by atoms with Crippen LogP contribution in [0, 0.1) is 11.8 Å². The van der Waals surface area contributed by atoms with Crippen LogP contribution in [0.3, 0.4) is 0 Å². The van der Waals surface area contributed by atoms with Gasteiger partial charge in [0.25, 0.3) is 0 Å². The first-order valence-corrected chi connectivity index (χ1v) is 6.19. The fourth-order valence-electron chi connectivity index (χ4n) is 1.68. The maximum atomic E-state index is 11.0. The van der Waals surface area contributed by atoms with Crippen molar-refractivity contribution in [2.45, 2.75) is 33.6 Å². The van der Waals surface area contributed by atoms with Crippen LogP contribution in [-0.2, 0) is 10.7 Å². The molecule has 0 radical (unpaired) electrons. The average Bonchev–Trinajstić information content (AvgIpc) is 2.08. The number of rotatable bonds is 3. The second kappa shape index (κ2) is 4.78. The first kappa shape index (κ1) is 11.5. The molecule has 1 aliphatic carbocycles. The topological polar surface area (TPSA) is 34.1 Å². The van der Waals surface area contributed by atoms with Crippen molar-refractivity contribution in [2.24, 2.45) is 11.8 Å². The molecule has 0 N–H and O–H groups in total. The maximum Gasteiger partial charge on any atom is 0.164 e. The molecule has 0 spiro atoms. The van der Waals surface area contributed by atoms with Crippen LogP contribution in [0.1, 0.15) is 33.6 Å². The van der Waals surface area contributed by atoms with Crippen LogP contribution in [0.2, 0.25) is 0 Å². The Morgan fingerprint density at radius 3 is 2.14 bits per heavy atom. The molecule has 1 aliphatic rings. The second-order valence-corrected chi connectivity index (χ2v) is 5.28. The maximum absolute atomic E-state index is 11.0. The van der Waals surface area contributed by atoms with E-state index in [1.807, 2.05) is 19.9 Å². The van der Waals surface area contributed by atoms with Crippen LogP contribution in [0.5, 0.6) is 0 Å². The minimum absolute atomic E-state index is 0.270. The summed E-state index contributed by atoms with van der Waals surface area (Å²) in [5.74, 6) is 0.798. The molecule has 0 heterocycles. The minimum Gasteiger partial charge on any atom is -0.227 e. The molecule has 1 rings (SSSR count). The third kappa shape index (κ3) is 2.71. The van der Waals surface area contributed by atoms with Gasteiger partial charge in [-0.25, -0.2) is 8.42 Å². The Morgan fingerprint density at radius 2 is 1.86 bits per heavy atom. The van der Waals surface area contributed by atoms with Crippen molar-refractivity contribution in [3.05, 3.63) is 22.6 Å². The van der Waals surface area contributed by atoms with Crippen molar-refractivity contribution < 1.29 is 8.42 Å². The molecule has 14 heavy (non-hydrogen) atoms. The molecule has 0 bridgehead atoms. The molecule has 1 fully saturated rings. The van der Waals surface area contributed by atoms with E-state index in [0.717, 1.165) is 18.4 Å². The highest BCUT2D eigenvalue weighted by Gasteiger charge is 2.30. The van der Waals surface area contributed by atoms with Crippen LogP contribution in [0.15, 0.2) is 22.6 Å². The summed E-state index contributed by atoms with van der Waals surface area (Å²) >= 11 is 0. The van der Waals surface area contributed by atoms with Gasteiger partial charge < -0.3 is 0 Å². The highest BCUT2D eigenvalue weighted by Crippen LogP contribution is 2.39. The fraction of sp³-hybridized carbons (Fsp3) is 0.636. The minimum atomic E-state index is -2.40. The Labute approximate surface area is 87.7 Å². The zero-order valence-corrected chi connectivity index (χ0v) is 9.88. The molecule has 0 amide bonds. The number of allylic oxidation sites excluding steroid dienone is 4. The molecule has 1 saturated carbocycles. The van der Waals surface area contributed by atoms with E-state index in [4.69, 9.17) is 0 Å². The SMILES string of the molecule is CC(C)=C/C=C(\[C@H]1CCC1C)[SH](=O)=O. The normalized spacial score (nSPS) is 27.3. The Bertz CT molecular complexity index is 325. The van der Waals surface area contributed by atoms with E-state index in [1.165, 1.54) is 0 Å². The summed E-state index contributed by atoms with van der Waals surface area (Å²) < 4.78 is 22.1. The van der Waals surface area contributed by atoms with Crippen molar-refractivity contribution in [1.29, 1.82) is 0 Å². The highest BCUT2D eigenvalue weighted by atomic mass is 32.2. The monoisotopic (exact) mass is 214 g/mol. The van der Waals surface area contributed by atoms with E-state index >= 15 is 0 Å². The molecule has 3 heteroatoms. The molecule has 1 unspecified atom stereocenters. The largest absolute Gasteiger partial charge is 0.227 e. The van der Waals surface area contributed by atoms with Gasteiger partial charge in [0.15, 0.2) is 10.7 Å². The van der Waals surface area contributed by atoms with Crippen LogP contribution < -0.4 is 0 Å². The molecule has 0 aliphatic heterocycles. The predicted octanol–water partition coefficient (Wildman–Crippen LogP) is 2.49. The zero-order valence-electron chi connectivity index (χ0n) is 8.99. The molecule has 2 nitrogen and oxygen atoms in total. The summed E-state index contributed by atoms with van der Waals surface area (Å²) in [4.78, 5) is 0.611. The molecular weight excluding hydrogens is 196 g/mol. The number of hydrogen-bond acceptors (Lipinski definition) is 2. The summed E-state index contributed by atoms with van der Waals surface area (Å²) in [6, 6.07) is 0. The molecule has 0 aromatic carbocycles. The van der Waals surface area contributed by atoms with Gasteiger partial charge in [-0.2, -0.15) is 0 Å². The number of hydrogen-bond donors (Lipinski definition) is 1. The van der Waals surface area contributed by atoms with Crippen LogP contribution in [0.4, 0.5) is 0 Å². The molecule has 2 atom stereocenters. The van der Waals surface area contributed by atoms with E-state index in [-0.39, 0.29) is 5.92 Å². The van der Waals surface area contributed by atoms with Gasteiger partial charge in [-0.05, 0) is 44.6 Å². The molecular formula is C11H18O2S. The lowest BCUT2D eigenvalue weighted by atomic mass is 9.74. The Kier molecular flexibility index (Phi) is 3.93. The van der Waals surface area contributed by atoms with E-state index in [1.54, 1.807) is 6.08 Å². The van der Waals surface area contributed by atoms with Crippen molar-refractivity contribution in [3.8, 4) is 0 Å². The summed E-state index contributed by atoms with van der Waals surface area (Å²) in [7, 11) is -2.40. The van der Waals surface area contributed by atoms with Gasteiger partial charge in [0.05, 0.1) is 0 Å². The third-order valence-electron chi connectivity index (χ3n) is 2.80. The molecule has 0 aromatic heterocycles. The first-order chi connectivity index (χ1) is 6.52. The van der Waals surface area contributed by atoms with E-state index in [0.29, 0.717) is 10.8 Å². The lowest BCUT2D eigenvalue weighted by molar-refractivity contribution is 0.246. The first-order valence-electron chi connectivity index (χ1n) is 5.02. The standard InChI is InChI=1S/C11H18O2S/c1-8(2)4-7-11(14(12)13)10-6-5-9(10)3/h4,7,9-10,14H,5-6H2,1-3H3/b11-7+/t9?,10-/m0/s1. The summed E-state index contributed by atoms with van der Waals surface area (Å²) in [6.07, 6.45) is 5.82. The van der Waals surface area contributed by atoms with Crippen LogP contribution in [-0.4, -0.2) is 8.42 Å². The smallest absolute Gasteiger partial charge is 0.164 e. The van der Waals surface area contributed by atoms with Crippen molar-refractivity contribution in [2.75, 3.05) is 0 Å². The van der Waals surface area contributed by atoms with E-state index in [2.05, 4.69) is 6.92 Å². The molecule has 80 valence electrons. The fourth-order valence-corrected chi connectivity index (χ4v) is 2.53. The lowest BCUT2D eigenvalue weighted by Gasteiger charge is -2.33. The van der Waals surface area contributed by atoms with Crippen LogP contribution >= 0.6 is 0 Å².